The standard InChI is InChI=1S/C22H27N3O4/c1-14-9-17(16(3)25(14)15(2)13-27-4)10-18(12-23)22(26)24-19-7-8-20(28-5)21(11-19)29-6/h7-11,15H,13H2,1-6H3,(H,24,26)/b18-10+. The number of rotatable bonds is 8. The molecule has 0 fully saturated rings. The highest BCUT2D eigenvalue weighted by Gasteiger charge is 2.16. The number of nitrogens with one attached hydrogen (secondary N) is 1. The molecule has 7 heteroatoms. The van der Waals surface area contributed by atoms with Crippen molar-refractivity contribution >= 4 is 17.7 Å². The molecule has 0 aliphatic carbocycles. The molecule has 1 heterocycles. The summed E-state index contributed by atoms with van der Waals surface area (Å²) >= 11 is 0. The Morgan fingerprint density at radius 1 is 1.21 bits per heavy atom. The van der Waals surface area contributed by atoms with Gasteiger partial charge in [0.05, 0.1) is 26.9 Å². The molecule has 2 rings (SSSR count). The fourth-order valence-electron chi connectivity index (χ4n) is 3.36. The zero-order chi connectivity index (χ0) is 21.6. The smallest absolute Gasteiger partial charge is 0.266 e. The maximum Gasteiger partial charge on any atom is 0.266 e. The Kier molecular flexibility index (Phi) is 7.46. The van der Waals surface area contributed by atoms with Crippen molar-refractivity contribution in [3.8, 4) is 17.6 Å². The van der Waals surface area contributed by atoms with Crippen LogP contribution in [0.4, 0.5) is 5.69 Å². The van der Waals surface area contributed by atoms with Crippen molar-refractivity contribution < 1.29 is 19.0 Å². The highest BCUT2D eigenvalue weighted by atomic mass is 16.5. The van der Waals surface area contributed by atoms with Gasteiger partial charge < -0.3 is 24.1 Å². The van der Waals surface area contributed by atoms with Crippen LogP contribution < -0.4 is 14.8 Å². The first-order valence-electron chi connectivity index (χ1n) is 9.18. The van der Waals surface area contributed by atoms with Gasteiger partial charge in [-0.25, -0.2) is 0 Å². The van der Waals surface area contributed by atoms with E-state index in [1.54, 1.807) is 31.4 Å². The van der Waals surface area contributed by atoms with Crippen molar-refractivity contribution in [3.63, 3.8) is 0 Å². The number of carbonyl (C=O) groups excluding carboxylic acids is 1. The maximum atomic E-state index is 12.6. The average Bonchev–Trinajstić information content (AvgIpc) is 2.98. The summed E-state index contributed by atoms with van der Waals surface area (Å²) in [5, 5.41) is 12.3. The van der Waals surface area contributed by atoms with Gasteiger partial charge in [-0.05, 0) is 50.6 Å². The summed E-state index contributed by atoms with van der Waals surface area (Å²) in [5.74, 6) is 0.553. The van der Waals surface area contributed by atoms with E-state index in [2.05, 4.69) is 16.8 Å². The first-order chi connectivity index (χ1) is 13.9. The van der Waals surface area contributed by atoms with Crippen LogP contribution in [0.2, 0.25) is 0 Å². The highest BCUT2D eigenvalue weighted by Crippen LogP contribution is 2.30. The summed E-state index contributed by atoms with van der Waals surface area (Å²) in [6, 6.07) is 9.12. The molecule has 0 bridgehead atoms. The van der Waals surface area contributed by atoms with Gasteiger partial charge in [-0.3, -0.25) is 4.79 Å². The second-order valence-corrected chi connectivity index (χ2v) is 6.69. The van der Waals surface area contributed by atoms with Crippen molar-refractivity contribution in [2.45, 2.75) is 26.8 Å². The summed E-state index contributed by atoms with van der Waals surface area (Å²) in [4.78, 5) is 12.6. The molecule has 1 aromatic carbocycles. The number of ether oxygens (including phenoxy) is 3. The van der Waals surface area contributed by atoms with Crippen molar-refractivity contribution in [2.24, 2.45) is 0 Å². The number of aromatic nitrogens is 1. The predicted octanol–water partition coefficient (Wildman–Crippen LogP) is 3.88. The van der Waals surface area contributed by atoms with E-state index < -0.39 is 5.91 Å². The Bertz CT molecular complexity index is 954. The summed E-state index contributed by atoms with van der Waals surface area (Å²) in [6.45, 7) is 6.59. The number of anilines is 1. The molecule has 1 N–H and O–H groups in total. The first kappa shape index (κ1) is 22.1. The third-order valence-electron chi connectivity index (χ3n) is 4.68. The van der Waals surface area contributed by atoms with E-state index in [0.717, 1.165) is 17.0 Å². The number of carbonyl (C=O) groups is 1. The van der Waals surface area contributed by atoms with Crippen molar-refractivity contribution in [1.29, 1.82) is 5.26 Å². The molecule has 154 valence electrons. The van der Waals surface area contributed by atoms with Crippen LogP contribution in [0.15, 0.2) is 29.8 Å². The number of nitrogens with zero attached hydrogens (tertiary/aromatic N) is 2. The molecule has 2 aromatic rings. The number of nitriles is 1. The zero-order valence-electron chi connectivity index (χ0n) is 17.7. The second-order valence-electron chi connectivity index (χ2n) is 6.69. The molecule has 0 spiro atoms. The van der Waals surface area contributed by atoms with Gasteiger partial charge in [0.1, 0.15) is 11.6 Å². The number of aryl methyl sites for hydroxylation is 1. The van der Waals surface area contributed by atoms with E-state index >= 15 is 0 Å². The lowest BCUT2D eigenvalue weighted by Crippen LogP contribution is -2.14. The lowest BCUT2D eigenvalue weighted by atomic mass is 10.1. The number of hydrogen-bond donors (Lipinski definition) is 1. The van der Waals surface area contributed by atoms with Gasteiger partial charge in [0, 0.05) is 30.3 Å². The van der Waals surface area contributed by atoms with E-state index in [1.807, 2.05) is 26.0 Å². The molecule has 1 aromatic heterocycles. The number of benzene rings is 1. The molecule has 0 radical (unpaired) electrons. The molecular weight excluding hydrogens is 370 g/mol. The molecule has 0 saturated carbocycles. The average molecular weight is 397 g/mol. The number of amides is 1. The Morgan fingerprint density at radius 2 is 1.90 bits per heavy atom. The quantitative estimate of drug-likeness (QED) is 0.540. The van der Waals surface area contributed by atoms with Crippen molar-refractivity contribution in [3.05, 3.63) is 46.8 Å². The van der Waals surface area contributed by atoms with Gasteiger partial charge in [-0.1, -0.05) is 0 Å². The molecule has 0 saturated heterocycles. The zero-order valence-corrected chi connectivity index (χ0v) is 17.7. The monoisotopic (exact) mass is 397 g/mol. The fraction of sp³-hybridized carbons (Fsp3) is 0.364. The Morgan fingerprint density at radius 3 is 2.48 bits per heavy atom. The Balaban J connectivity index is 2.30. The largest absolute Gasteiger partial charge is 0.493 e. The number of methoxy groups -OCH3 is 3. The van der Waals surface area contributed by atoms with E-state index in [4.69, 9.17) is 14.2 Å². The molecule has 0 aliphatic heterocycles. The Hall–Kier alpha value is -3.24. The molecular formula is C22H27N3O4. The van der Waals surface area contributed by atoms with Gasteiger partial charge >= 0.3 is 0 Å². The van der Waals surface area contributed by atoms with Gasteiger partial charge in [0.25, 0.3) is 5.91 Å². The van der Waals surface area contributed by atoms with Crippen LogP contribution in [0.1, 0.15) is 29.9 Å². The predicted molar refractivity (Wildman–Crippen MR) is 112 cm³/mol. The molecule has 0 aliphatic rings. The SMILES string of the molecule is COCC(C)n1c(C)cc(/C=C(\C#N)C(=O)Nc2ccc(OC)c(OC)c2)c1C. The summed E-state index contributed by atoms with van der Waals surface area (Å²) in [6.07, 6.45) is 1.61. The van der Waals surface area contributed by atoms with Gasteiger partial charge in [-0.2, -0.15) is 5.26 Å². The number of hydrogen-bond acceptors (Lipinski definition) is 5. The van der Waals surface area contributed by atoms with Gasteiger partial charge in [-0.15, -0.1) is 0 Å². The van der Waals surface area contributed by atoms with E-state index in [-0.39, 0.29) is 11.6 Å². The normalized spacial score (nSPS) is 12.2. The molecule has 29 heavy (non-hydrogen) atoms. The van der Waals surface area contributed by atoms with Crippen molar-refractivity contribution in [1.82, 2.24) is 4.57 Å². The van der Waals surface area contributed by atoms with Gasteiger partial charge in [0.2, 0.25) is 0 Å². The first-order valence-corrected chi connectivity index (χ1v) is 9.18. The third-order valence-corrected chi connectivity index (χ3v) is 4.68. The van der Waals surface area contributed by atoms with Crippen LogP contribution in [-0.4, -0.2) is 38.4 Å². The van der Waals surface area contributed by atoms with Gasteiger partial charge in [0.15, 0.2) is 11.5 Å². The molecule has 7 nitrogen and oxygen atoms in total. The minimum atomic E-state index is -0.491. The van der Waals surface area contributed by atoms with Crippen molar-refractivity contribution in [2.75, 3.05) is 33.3 Å². The maximum absolute atomic E-state index is 12.6. The Labute approximate surface area is 171 Å². The van der Waals surface area contributed by atoms with Crippen LogP contribution in [0.25, 0.3) is 6.08 Å². The van der Waals surface area contributed by atoms with Crippen LogP contribution in [0.5, 0.6) is 11.5 Å². The van der Waals surface area contributed by atoms with Crippen LogP contribution in [0, 0.1) is 25.2 Å². The fourth-order valence-corrected chi connectivity index (χ4v) is 3.36. The highest BCUT2D eigenvalue weighted by molar-refractivity contribution is 6.09. The third kappa shape index (κ3) is 4.98. The minimum absolute atomic E-state index is 0.0134. The lowest BCUT2D eigenvalue weighted by Gasteiger charge is -2.17. The summed E-state index contributed by atoms with van der Waals surface area (Å²) < 4.78 is 17.8. The second kappa shape index (κ2) is 9.80. The van der Waals surface area contributed by atoms with Crippen LogP contribution >= 0.6 is 0 Å². The van der Waals surface area contributed by atoms with Crippen LogP contribution in [0.3, 0.4) is 0 Å². The lowest BCUT2D eigenvalue weighted by molar-refractivity contribution is -0.112. The molecule has 1 atom stereocenters. The van der Waals surface area contributed by atoms with E-state index in [0.29, 0.717) is 23.8 Å². The summed E-state index contributed by atoms with van der Waals surface area (Å²) in [7, 11) is 4.72. The topological polar surface area (TPSA) is 85.5 Å². The molecule has 1 amide bonds. The van der Waals surface area contributed by atoms with Crippen LogP contribution in [-0.2, 0) is 9.53 Å². The minimum Gasteiger partial charge on any atom is -0.493 e. The molecule has 1 unspecified atom stereocenters. The van der Waals surface area contributed by atoms with E-state index in [9.17, 15) is 10.1 Å². The van der Waals surface area contributed by atoms with E-state index in [1.165, 1.54) is 14.2 Å². The summed E-state index contributed by atoms with van der Waals surface area (Å²) in [5.41, 5.74) is 3.35.